The van der Waals surface area contributed by atoms with Crippen LogP contribution in [0.3, 0.4) is 0 Å². The largest absolute Gasteiger partial charge is 0.472 e. The van der Waals surface area contributed by atoms with Crippen molar-refractivity contribution >= 4 is 17.5 Å². The van der Waals surface area contributed by atoms with Gasteiger partial charge >= 0.3 is 0 Å². The summed E-state index contributed by atoms with van der Waals surface area (Å²) < 4.78 is 10.9. The van der Waals surface area contributed by atoms with Gasteiger partial charge in [-0.05, 0) is 31.0 Å². The fourth-order valence-electron chi connectivity index (χ4n) is 3.45. The smallest absolute Gasteiger partial charge is 0.257 e. The SMILES string of the molecule is O=C(c1ccoc1)N1CCC2(CC1)CN(c1cccnc1)C(=O)CO2. The van der Waals surface area contributed by atoms with Crippen LogP contribution in [0.1, 0.15) is 23.2 Å². The van der Waals surface area contributed by atoms with E-state index in [4.69, 9.17) is 9.15 Å². The van der Waals surface area contributed by atoms with Crippen LogP contribution in [0, 0.1) is 0 Å². The van der Waals surface area contributed by atoms with Crippen LogP contribution in [-0.2, 0) is 9.53 Å². The van der Waals surface area contributed by atoms with Crippen molar-refractivity contribution in [3.63, 3.8) is 0 Å². The van der Waals surface area contributed by atoms with E-state index in [1.807, 2.05) is 17.0 Å². The second-order valence-corrected chi connectivity index (χ2v) is 6.47. The highest BCUT2D eigenvalue weighted by molar-refractivity contribution is 5.95. The molecule has 0 aliphatic carbocycles. The van der Waals surface area contributed by atoms with E-state index in [0.29, 0.717) is 38.0 Å². The molecule has 0 aromatic carbocycles. The lowest BCUT2D eigenvalue weighted by molar-refractivity contribution is -0.143. The molecular formula is C18H19N3O4. The molecule has 2 aliphatic rings. The van der Waals surface area contributed by atoms with Gasteiger partial charge in [0.2, 0.25) is 0 Å². The van der Waals surface area contributed by atoms with Crippen molar-refractivity contribution in [3.05, 3.63) is 48.7 Å². The molecule has 130 valence electrons. The van der Waals surface area contributed by atoms with Gasteiger partial charge in [-0.25, -0.2) is 0 Å². The molecule has 25 heavy (non-hydrogen) atoms. The van der Waals surface area contributed by atoms with Gasteiger partial charge in [-0.2, -0.15) is 0 Å². The van der Waals surface area contributed by atoms with Gasteiger partial charge in [-0.3, -0.25) is 14.6 Å². The molecule has 0 unspecified atom stereocenters. The van der Waals surface area contributed by atoms with Crippen molar-refractivity contribution in [2.45, 2.75) is 18.4 Å². The number of rotatable bonds is 2. The predicted molar refractivity (Wildman–Crippen MR) is 89.1 cm³/mol. The molecule has 2 saturated heterocycles. The molecule has 2 aromatic heterocycles. The normalized spacial score (nSPS) is 20.1. The van der Waals surface area contributed by atoms with Crippen molar-refractivity contribution in [1.29, 1.82) is 0 Å². The van der Waals surface area contributed by atoms with Gasteiger partial charge in [0.15, 0.2) is 0 Å². The number of nitrogens with zero attached hydrogens (tertiary/aromatic N) is 3. The summed E-state index contributed by atoms with van der Waals surface area (Å²) >= 11 is 0. The zero-order chi connectivity index (χ0) is 17.3. The first kappa shape index (κ1) is 15.8. The maximum Gasteiger partial charge on any atom is 0.257 e. The first-order valence-corrected chi connectivity index (χ1v) is 8.33. The van der Waals surface area contributed by atoms with Crippen LogP contribution in [0.25, 0.3) is 0 Å². The molecule has 0 saturated carbocycles. The van der Waals surface area contributed by atoms with Gasteiger partial charge in [0.05, 0.1) is 35.9 Å². The van der Waals surface area contributed by atoms with Crippen molar-refractivity contribution in [3.8, 4) is 0 Å². The molecule has 7 nitrogen and oxygen atoms in total. The number of morpholine rings is 1. The Morgan fingerprint density at radius 3 is 2.76 bits per heavy atom. The Labute approximate surface area is 145 Å². The van der Waals surface area contributed by atoms with E-state index in [1.54, 1.807) is 23.4 Å². The second-order valence-electron chi connectivity index (χ2n) is 6.47. The van der Waals surface area contributed by atoms with E-state index in [-0.39, 0.29) is 18.4 Å². The van der Waals surface area contributed by atoms with Gasteiger partial charge in [0.1, 0.15) is 12.9 Å². The molecule has 0 bridgehead atoms. The van der Waals surface area contributed by atoms with E-state index >= 15 is 0 Å². The van der Waals surface area contributed by atoms with Crippen molar-refractivity contribution in [1.82, 2.24) is 9.88 Å². The Morgan fingerprint density at radius 2 is 2.08 bits per heavy atom. The highest BCUT2D eigenvalue weighted by atomic mass is 16.5. The molecule has 4 rings (SSSR count). The minimum atomic E-state index is -0.406. The van der Waals surface area contributed by atoms with E-state index in [0.717, 1.165) is 5.69 Å². The minimum absolute atomic E-state index is 0.0281. The molecule has 0 atom stereocenters. The lowest BCUT2D eigenvalue weighted by Crippen LogP contribution is -2.59. The monoisotopic (exact) mass is 341 g/mol. The molecular weight excluding hydrogens is 322 g/mol. The van der Waals surface area contributed by atoms with Crippen LogP contribution in [0.5, 0.6) is 0 Å². The number of amides is 2. The van der Waals surface area contributed by atoms with E-state index in [1.165, 1.54) is 12.5 Å². The van der Waals surface area contributed by atoms with E-state index < -0.39 is 5.60 Å². The fourth-order valence-corrected chi connectivity index (χ4v) is 3.45. The van der Waals surface area contributed by atoms with Gasteiger partial charge < -0.3 is 19.0 Å². The molecule has 2 aromatic rings. The maximum atomic E-state index is 12.4. The number of carbonyl (C=O) groups excluding carboxylic acids is 2. The molecule has 1 spiro atoms. The number of furan rings is 1. The predicted octanol–water partition coefficient (Wildman–Crippen LogP) is 1.71. The van der Waals surface area contributed by atoms with Crippen molar-refractivity contribution in [2.24, 2.45) is 0 Å². The number of hydrogen-bond donors (Lipinski definition) is 0. The minimum Gasteiger partial charge on any atom is -0.472 e. The zero-order valence-electron chi connectivity index (χ0n) is 13.8. The van der Waals surface area contributed by atoms with Crippen molar-refractivity contribution in [2.75, 3.05) is 31.1 Å². The third-order valence-corrected chi connectivity index (χ3v) is 4.94. The first-order chi connectivity index (χ1) is 12.2. The summed E-state index contributed by atoms with van der Waals surface area (Å²) in [6, 6.07) is 5.37. The average molecular weight is 341 g/mol. The lowest BCUT2D eigenvalue weighted by atomic mass is 9.89. The van der Waals surface area contributed by atoms with Crippen LogP contribution >= 0.6 is 0 Å². The zero-order valence-corrected chi connectivity index (χ0v) is 13.8. The van der Waals surface area contributed by atoms with Crippen LogP contribution in [0.4, 0.5) is 5.69 Å². The van der Waals surface area contributed by atoms with Gasteiger partial charge in [-0.1, -0.05) is 0 Å². The van der Waals surface area contributed by atoms with Crippen molar-refractivity contribution < 1.29 is 18.7 Å². The average Bonchev–Trinajstić information content (AvgIpc) is 3.20. The van der Waals surface area contributed by atoms with Crippen LogP contribution in [0.15, 0.2) is 47.5 Å². The van der Waals surface area contributed by atoms with Gasteiger partial charge in [0.25, 0.3) is 11.8 Å². The molecule has 0 radical (unpaired) electrons. The summed E-state index contributed by atoms with van der Waals surface area (Å²) in [7, 11) is 0. The van der Waals surface area contributed by atoms with Crippen LogP contribution in [-0.4, -0.2) is 53.5 Å². The summed E-state index contributed by atoms with van der Waals surface area (Å²) in [6.45, 7) is 1.74. The quantitative estimate of drug-likeness (QED) is 0.831. The van der Waals surface area contributed by atoms with Gasteiger partial charge in [-0.15, -0.1) is 0 Å². The second kappa shape index (κ2) is 6.33. The first-order valence-electron chi connectivity index (χ1n) is 8.33. The third kappa shape index (κ3) is 3.02. The van der Waals surface area contributed by atoms with Gasteiger partial charge in [0, 0.05) is 19.3 Å². The Balaban J connectivity index is 1.45. The number of aromatic nitrogens is 1. The molecule has 2 amide bonds. The maximum absolute atomic E-state index is 12.4. The number of piperidine rings is 1. The summed E-state index contributed by atoms with van der Waals surface area (Å²) in [6.07, 6.45) is 7.73. The number of likely N-dealkylation sites (tertiary alicyclic amines) is 1. The Morgan fingerprint density at radius 1 is 1.24 bits per heavy atom. The highest BCUT2D eigenvalue weighted by Crippen LogP contribution is 2.33. The summed E-state index contributed by atoms with van der Waals surface area (Å²) in [5.74, 6) is -0.0878. The number of ether oxygens (including phenoxy) is 1. The molecule has 2 fully saturated rings. The summed E-state index contributed by atoms with van der Waals surface area (Å²) in [4.78, 5) is 32.3. The van der Waals surface area contributed by atoms with Crippen LogP contribution in [0.2, 0.25) is 0 Å². The topological polar surface area (TPSA) is 75.9 Å². The standard InChI is InChI=1S/C18H19N3O4/c22-16-12-25-18(13-21(16)15-2-1-6-19-10-15)4-7-20(8-5-18)17(23)14-3-9-24-11-14/h1-3,6,9-11H,4-5,7-8,12-13H2. The number of pyridine rings is 1. The number of hydrogen-bond acceptors (Lipinski definition) is 5. The van der Waals surface area contributed by atoms with Crippen LogP contribution < -0.4 is 4.90 Å². The number of anilines is 1. The number of carbonyl (C=O) groups is 2. The molecule has 4 heterocycles. The molecule has 7 heteroatoms. The fraction of sp³-hybridized carbons (Fsp3) is 0.389. The highest BCUT2D eigenvalue weighted by Gasteiger charge is 2.43. The van der Waals surface area contributed by atoms with E-state index in [9.17, 15) is 9.59 Å². The van der Waals surface area contributed by atoms with E-state index in [2.05, 4.69) is 4.98 Å². The molecule has 0 N–H and O–H groups in total. The molecule has 2 aliphatic heterocycles. The Hall–Kier alpha value is -2.67. The lowest BCUT2D eigenvalue weighted by Gasteiger charge is -2.46. The summed E-state index contributed by atoms with van der Waals surface area (Å²) in [5.41, 5.74) is 0.941. The third-order valence-electron chi connectivity index (χ3n) is 4.94. The Bertz CT molecular complexity index is 752. The summed E-state index contributed by atoms with van der Waals surface area (Å²) in [5, 5.41) is 0. The Kier molecular flexibility index (Phi) is 4.01.